The number of aryl methyl sites for hydroxylation is 1. The molecular weight excluding hydrogens is 652 g/mol. The van der Waals surface area contributed by atoms with E-state index in [4.69, 9.17) is 18.9 Å². The zero-order valence-electron chi connectivity index (χ0n) is 31.2. The molecule has 2 amide bonds. The van der Waals surface area contributed by atoms with E-state index in [9.17, 15) is 24.3 Å². The van der Waals surface area contributed by atoms with E-state index < -0.39 is 35.3 Å². The van der Waals surface area contributed by atoms with E-state index in [0.717, 1.165) is 63.4 Å². The van der Waals surface area contributed by atoms with Crippen LogP contribution in [-0.4, -0.2) is 57.4 Å². The number of carbonyl (C=O) groups excluding carboxylic acids is 2. The molecule has 0 aromatic heterocycles. The average Bonchev–Trinajstić information content (AvgIpc) is 3.37. The fraction of sp³-hybridized carbons (Fsp3) is 0.600. The number of hydrogen-bond acceptors (Lipinski definition) is 8. The van der Waals surface area contributed by atoms with Gasteiger partial charge >= 0.3 is 5.97 Å². The molecule has 0 aliphatic heterocycles. The molecular formula is C40H56N2O9. The van der Waals surface area contributed by atoms with Crippen molar-refractivity contribution in [2.75, 3.05) is 28.4 Å². The minimum absolute atomic E-state index is 0.0299. The normalized spacial score (nSPS) is 21.3. The van der Waals surface area contributed by atoms with Gasteiger partial charge in [-0.1, -0.05) is 64.4 Å². The lowest BCUT2D eigenvalue weighted by Gasteiger charge is -2.34. The van der Waals surface area contributed by atoms with Crippen LogP contribution in [0.3, 0.4) is 0 Å². The van der Waals surface area contributed by atoms with Gasteiger partial charge in [0.25, 0.3) is 0 Å². The predicted octanol–water partition coefficient (Wildman–Crippen LogP) is 6.76. The third-order valence-electron chi connectivity index (χ3n) is 10.8. The summed E-state index contributed by atoms with van der Waals surface area (Å²) in [6, 6.07) is 4.93. The summed E-state index contributed by atoms with van der Waals surface area (Å²) in [5.74, 6) is -0.0101. The van der Waals surface area contributed by atoms with Crippen LogP contribution in [0.2, 0.25) is 0 Å². The van der Waals surface area contributed by atoms with Gasteiger partial charge < -0.3 is 34.7 Å². The van der Waals surface area contributed by atoms with Gasteiger partial charge in [0.15, 0.2) is 17.2 Å². The standard InChI is InChI=1S/C40H56N2O9/c1-7-13-26-14-11-9-8-10-12-20-40(21-19-26,39(46)47)24-31(41-25(2)43)38(45)42-30-17-15-27-22-34(49-4)36(50-5)37(51-6)35(27)28-16-18-33(48-3)32(44)23-29(28)30/h16,18,22-23,26,30-31H,7-15,17,19-21,24H2,1-6H3,(H,41,43)(H,42,45)(H,46,47)/t26?,30?,31-,40?/m0/s1. The fourth-order valence-corrected chi connectivity index (χ4v) is 8.11. The zero-order chi connectivity index (χ0) is 37.1. The van der Waals surface area contributed by atoms with E-state index in [0.29, 0.717) is 65.5 Å². The van der Waals surface area contributed by atoms with Crippen molar-refractivity contribution in [2.45, 2.75) is 116 Å². The molecule has 2 aromatic carbocycles. The molecule has 2 aliphatic rings. The second-order valence-corrected chi connectivity index (χ2v) is 14.1. The van der Waals surface area contributed by atoms with Gasteiger partial charge in [0.05, 0.1) is 39.9 Å². The summed E-state index contributed by atoms with van der Waals surface area (Å²) < 4.78 is 22.6. The van der Waals surface area contributed by atoms with Crippen molar-refractivity contribution in [1.29, 1.82) is 0 Å². The molecule has 2 aromatic rings. The molecule has 4 atom stereocenters. The molecule has 1 fully saturated rings. The number of nitrogens with one attached hydrogen (secondary N) is 2. The van der Waals surface area contributed by atoms with Crippen LogP contribution in [0, 0.1) is 11.3 Å². The van der Waals surface area contributed by atoms with Gasteiger partial charge in [0.1, 0.15) is 6.04 Å². The number of carboxylic acid groups (broad SMARTS) is 1. The van der Waals surface area contributed by atoms with Crippen LogP contribution in [0.15, 0.2) is 29.1 Å². The van der Waals surface area contributed by atoms with Crippen LogP contribution < -0.4 is 35.0 Å². The number of amides is 2. The quantitative estimate of drug-likeness (QED) is 0.217. The Balaban J connectivity index is 1.78. The van der Waals surface area contributed by atoms with E-state index in [1.54, 1.807) is 19.2 Å². The smallest absolute Gasteiger partial charge is 0.309 e. The number of carbonyl (C=O) groups is 3. The summed E-state index contributed by atoms with van der Waals surface area (Å²) in [4.78, 5) is 53.6. The van der Waals surface area contributed by atoms with Crippen LogP contribution >= 0.6 is 0 Å². The van der Waals surface area contributed by atoms with Crippen molar-refractivity contribution < 1.29 is 38.4 Å². The summed E-state index contributed by atoms with van der Waals surface area (Å²) in [6.07, 6.45) is 10.7. The Bertz CT molecular complexity index is 1610. The lowest BCUT2D eigenvalue weighted by Crippen LogP contribution is -2.51. The van der Waals surface area contributed by atoms with Crippen molar-refractivity contribution in [2.24, 2.45) is 11.3 Å². The first-order chi connectivity index (χ1) is 24.5. The summed E-state index contributed by atoms with van der Waals surface area (Å²) in [5.41, 5.74) is 1.18. The van der Waals surface area contributed by atoms with Crippen LogP contribution in [-0.2, 0) is 20.8 Å². The number of fused-ring (bicyclic) bond motifs is 3. The highest BCUT2D eigenvalue weighted by Gasteiger charge is 2.43. The number of methoxy groups -OCH3 is 4. The molecule has 0 radical (unpaired) electrons. The highest BCUT2D eigenvalue weighted by atomic mass is 16.5. The van der Waals surface area contributed by atoms with Gasteiger partial charge in [-0.05, 0) is 79.3 Å². The van der Waals surface area contributed by atoms with E-state index in [1.807, 2.05) is 6.07 Å². The zero-order valence-corrected chi connectivity index (χ0v) is 31.2. The Morgan fingerprint density at radius 3 is 2.24 bits per heavy atom. The maximum atomic E-state index is 14.4. The average molecular weight is 709 g/mol. The summed E-state index contributed by atoms with van der Waals surface area (Å²) >= 11 is 0. The third-order valence-corrected chi connectivity index (χ3v) is 10.8. The maximum Gasteiger partial charge on any atom is 0.309 e. The molecule has 3 N–H and O–H groups in total. The molecule has 3 unspecified atom stereocenters. The van der Waals surface area contributed by atoms with Crippen molar-refractivity contribution >= 4 is 17.8 Å². The van der Waals surface area contributed by atoms with Crippen LogP contribution in [0.25, 0.3) is 11.1 Å². The van der Waals surface area contributed by atoms with Crippen molar-refractivity contribution in [3.63, 3.8) is 0 Å². The first-order valence-corrected chi connectivity index (χ1v) is 18.4. The molecule has 0 heterocycles. The number of hydrogen-bond donors (Lipinski definition) is 3. The number of ether oxygens (including phenoxy) is 4. The second kappa shape index (κ2) is 18.3. The van der Waals surface area contributed by atoms with E-state index in [2.05, 4.69) is 17.6 Å². The third kappa shape index (κ3) is 9.34. The molecule has 0 saturated heterocycles. The summed E-state index contributed by atoms with van der Waals surface area (Å²) in [5, 5.41) is 16.8. The Morgan fingerprint density at radius 1 is 0.882 bits per heavy atom. The van der Waals surface area contributed by atoms with Gasteiger partial charge in [-0.2, -0.15) is 0 Å². The van der Waals surface area contributed by atoms with Gasteiger partial charge in [-0.25, -0.2) is 0 Å². The second-order valence-electron chi connectivity index (χ2n) is 14.1. The summed E-state index contributed by atoms with van der Waals surface area (Å²) in [6.45, 7) is 3.49. The fourth-order valence-electron chi connectivity index (χ4n) is 8.11. The lowest BCUT2D eigenvalue weighted by atomic mass is 9.72. The van der Waals surface area contributed by atoms with Gasteiger partial charge in [0, 0.05) is 12.5 Å². The highest BCUT2D eigenvalue weighted by Crippen LogP contribution is 2.50. The number of aliphatic carboxylic acids is 1. The molecule has 1 saturated carbocycles. The maximum absolute atomic E-state index is 14.4. The molecule has 11 heteroatoms. The Hall–Kier alpha value is -4.28. The number of rotatable bonds is 12. The predicted molar refractivity (Wildman–Crippen MR) is 196 cm³/mol. The topological polar surface area (TPSA) is 149 Å². The first-order valence-electron chi connectivity index (χ1n) is 18.4. The van der Waals surface area contributed by atoms with E-state index in [-0.39, 0.29) is 17.6 Å². The van der Waals surface area contributed by atoms with Gasteiger partial charge in [0.2, 0.25) is 23.0 Å². The van der Waals surface area contributed by atoms with Crippen molar-refractivity contribution in [3.05, 3.63) is 45.6 Å². The molecule has 2 aliphatic carbocycles. The minimum Gasteiger partial charge on any atom is -0.493 e. The lowest BCUT2D eigenvalue weighted by molar-refractivity contribution is -0.152. The number of benzene rings is 1. The Morgan fingerprint density at radius 2 is 1.59 bits per heavy atom. The molecule has 51 heavy (non-hydrogen) atoms. The molecule has 280 valence electrons. The van der Waals surface area contributed by atoms with Crippen molar-refractivity contribution in [1.82, 2.24) is 10.6 Å². The Labute approximate surface area is 301 Å². The Kier molecular flexibility index (Phi) is 14.2. The van der Waals surface area contributed by atoms with Gasteiger partial charge in [-0.3, -0.25) is 19.2 Å². The highest BCUT2D eigenvalue weighted by molar-refractivity contribution is 5.89. The van der Waals surface area contributed by atoms with Crippen LogP contribution in [0.5, 0.6) is 23.0 Å². The van der Waals surface area contributed by atoms with E-state index in [1.165, 1.54) is 34.3 Å². The minimum atomic E-state index is -1.18. The van der Waals surface area contributed by atoms with Crippen molar-refractivity contribution in [3.8, 4) is 34.1 Å². The SMILES string of the molecule is CCCC1CCCCCCCC(C[C@H](NC(C)=O)C(=O)NC2CCc3cc(OC)c(OC)c(OC)c3-c3ccc(OC)c(=O)cc32)(C(=O)O)CC1. The van der Waals surface area contributed by atoms with Crippen LogP contribution in [0.1, 0.15) is 114 Å². The molecule has 0 bridgehead atoms. The molecule has 11 nitrogen and oxygen atoms in total. The monoisotopic (exact) mass is 708 g/mol. The largest absolute Gasteiger partial charge is 0.493 e. The number of carboxylic acids is 1. The first kappa shape index (κ1) is 39.5. The molecule has 4 rings (SSSR count). The molecule has 0 spiro atoms. The van der Waals surface area contributed by atoms with E-state index >= 15 is 0 Å². The van der Waals surface area contributed by atoms with Crippen LogP contribution in [0.4, 0.5) is 0 Å². The van der Waals surface area contributed by atoms with Gasteiger partial charge in [-0.15, -0.1) is 0 Å². The summed E-state index contributed by atoms with van der Waals surface area (Å²) in [7, 11) is 6.02.